The molecule has 0 unspecified atom stereocenters. The number of carbonyl (C=O) groups is 1. The summed E-state index contributed by atoms with van der Waals surface area (Å²) in [6, 6.07) is 14.0. The zero-order valence-electron chi connectivity index (χ0n) is 14.6. The minimum absolute atomic E-state index is 0.670. The van der Waals surface area contributed by atoms with Crippen LogP contribution in [0.15, 0.2) is 61.1 Å². The molecule has 0 aliphatic heterocycles. The van der Waals surface area contributed by atoms with Crippen molar-refractivity contribution in [3.8, 4) is 11.3 Å². The first kappa shape index (κ1) is 16.0. The Balaban J connectivity index is 1.74. The molecule has 0 amide bonds. The second-order valence-corrected chi connectivity index (χ2v) is 6.29. The number of aryl methyl sites for hydroxylation is 2. The van der Waals surface area contributed by atoms with Crippen molar-refractivity contribution in [3.05, 3.63) is 77.7 Å². The average Bonchev–Trinajstić information content (AvgIpc) is 3.08. The third kappa shape index (κ3) is 2.84. The molecule has 0 atom stereocenters. The topological polar surface area (TPSA) is 59.3 Å². The molecule has 4 rings (SSSR count). The highest BCUT2D eigenvalue weighted by Gasteiger charge is 2.11. The molecule has 2 heterocycles. The number of benzene rings is 2. The highest BCUT2D eigenvalue weighted by Crippen LogP contribution is 2.26. The Morgan fingerprint density at radius 1 is 1.04 bits per heavy atom. The van der Waals surface area contributed by atoms with Crippen molar-refractivity contribution in [2.24, 2.45) is 0 Å². The van der Waals surface area contributed by atoms with Crippen molar-refractivity contribution in [1.82, 2.24) is 14.4 Å². The van der Waals surface area contributed by atoms with Gasteiger partial charge in [0.2, 0.25) is 0 Å². The van der Waals surface area contributed by atoms with Gasteiger partial charge < -0.3 is 5.32 Å². The molecule has 0 saturated heterocycles. The molecule has 2 aromatic carbocycles. The number of fused-ring (bicyclic) bond motifs is 1. The van der Waals surface area contributed by atoms with Gasteiger partial charge in [-0.15, -0.1) is 0 Å². The van der Waals surface area contributed by atoms with Crippen molar-refractivity contribution in [3.63, 3.8) is 0 Å². The summed E-state index contributed by atoms with van der Waals surface area (Å²) >= 11 is 0. The number of aldehydes is 1. The summed E-state index contributed by atoms with van der Waals surface area (Å²) in [7, 11) is 0. The number of aromatic nitrogens is 3. The standard InChI is InChI=1S/C21H18N4O/c1-14-3-5-16(6-4-14)19-12-23-21-20(22-9-10-25(19)21)24-18-8-7-17(13-26)15(2)11-18/h3-13H,1-2H3,(H,22,24). The van der Waals surface area contributed by atoms with E-state index < -0.39 is 0 Å². The zero-order chi connectivity index (χ0) is 18.1. The number of nitrogens with one attached hydrogen (secondary N) is 1. The Labute approximate surface area is 151 Å². The fourth-order valence-corrected chi connectivity index (χ4v) is 2.97. The Kier molecular flexibility index (Phi) is 3.97. The van der Waals surface area contributed by atoms with Gasteiger partial charge in [-0.3, -0.25) is 9.20 Å². The normalized spacial score (nSPS) is 10.8. The highest BCUT2D eigenvalue weighted by molar-refractivity contribution is 5.80. The molecule has 5 nitrogen and oxygen atoms in total. The first-order chi connectivity index (χ1) is 12.7. The summed E-state index contributed by atoms with van der Waals surface area (Å²) in [4.78, 5) is 20.0. The lowest BCUT2D eigenvalue weighted by Crippen LogP contribution is -1.99. The van der Waals surface area contributed by atoms with Crippen LogP contribution in [0.1, 0.15) is 21.5 Å². The number of hydrogen-bond donors (Lipinski definition) is 1. The van der Waals surface area contributed by atoms with Gasteiger partial charge in [0.05, 0.1) is 11.9 Å². The number of anilines is 2. The smallest absolute Gasteiger partial charge is 0.180 e. The minimum atomic E-state index is 0.670. The summed E-state index contributed by atoms with van der Waals surface area (Å²) in [6.07, 6.45) is 6.37. The van der Waals surface area contributed by atoms with Gasteiger partial charge in [-0.1, -0.05) is 29.8 Å². The molecular weight excluding hydrogens is 324 g/mol. The third-order valence-electron chi connectivity index (χ3n) is 4.43. The summed E-state index contributed by atoms with van der Waals surface area (Å²) < 4.78 is 2.02. The Morgan fingerprint density at radius 2 is 1.85 bits per heavy atom. The van der Waals surface area contributed by atoms with Crippen LogP contribution in [0.2, 0.25) is 0 Å². The van der Waals surface area contributed by atoms with E-state index in [0.29, 0.717) is 11.4 Å². The van der Waals surface area contributed by atoms with Crippen LogP contribution in [0.5, 0.6) is 0 Å². The quantitative estimate of drug-likeness (QED) is 0.552. The van der Waals surface area contributed by atoms with Crippen molar-refractivity contribution in [2.75, 3.05) is 5.32 Å². The molecule has 0 radical (unpaired) electrons. The van der Waals surface area contributed by atoms with Crippen LogP contribution in [-0.4, -0.2) is 20.7 Å². The Hall–Kier alpha value is -3.47. The number of imidazole rings is 1. The molecule has 0 saturated carbocycles. The molecule has 26 heavy (non-hydrogen) atoms. The molecule has 1 N–H and O–H groups in total. The molecule has 0 spiro atoms. The van der Waals surface area contributed by atoms with Gasteiger partial charge in [0.1, 0.15) is 6.29 Å². The molecule has 0 fully saturated rings. The summed E-state index contributed by atoms with van der Waals surface area (Å²) in [5.41, 5.74) is 6.56. The van der Waals surface area contributed by atoms with E-state index in [9.17, 15) is 4.79 Å². The number of nitrogens with zero attached hydrogens (tertiary/aromatic N) is 3. The van der Waals surface area contributed by atoms with Crippen LogP contribution in [0.4, 0.5) is 11.5 Å². The van der Waals surface area contributed by atoms with Crippen LogP contribution < -0.4 is 5.32 Å². The van der Waals surface area contributed by atoms with E-state index in [4.69, 9.17) is 0 Å². The van der Waals surface area contributed by atoms with Gasteiger partial charge in [0.15, 0.2) is 11.5 Å². The highest BCUT2D eigenvalue weighted by atomic mass is 16.1. The van der Waals surface area contributed by atoms with Crippen molar-refractivity contribution >= 4 is 23.4 Å². The fourth-order valence-electron chi connectivity index (χ4n) is 2.97. The van der Waals surface area contributed by atoms with Crippen LogP contribution in [-0.2, 0) is 0 Å². The number of hydrogen-bond acceptors (Lipinski definition) is 4. The van der Waals surface area contributed by atoms with Gasteiger partial charge in [0, 0.05) is 29.2 Å². The fraction of sp³-hybridized carbons (Fsp3) is 0.0952. The SMILES string of the molecule is Cc1ccc(-c2cnc3c(Nc4ccc(C=O)c(C)c4)nccn23)cc1. The summed E-state index contributed by atoms with van der Waals surface area (Å²) in [5, 5.41) is 3.30. The van der Waals surface area contributed by atoms with Crippen molar-refractivity contribution in [2.45, 2.75) is 13.8 Å². The Morgan fingerprint density at radius 3 is 2.58 bits per heavy atom. The lowest BCUT2D eigenvalue weighted by atomic mass is 10.1. The first-order valence-electron chi connectivity index (χ1n) is 8.37. The van der Waals surface area contributed by atoms with E-state index in [1.54, 1.807) is 12.3 Å². The van der Waals surface area contributed by atoms with Crippen LogP contribution in [0.25, 0.3) is 16.9 Å². The van der Waals surface area contributed by atoms with Gasteiger partial charge in [-0.25, -0.2) is 9.97 Å². The maximum Gasteiger partial charge on any atom is 0.180 e. The number of carbonyl (C=O) groups excluding carboxylic acids is 1. The first-order valence-corrected chi connectivity index (χ1v) is 8.37. The van der Waals surface area contributed by atoms with Gasteiger partial charge in [-0.2, -0.15) is 0 Å². The average molecular weight is 342 g/mol. The van der Waals surface area contributed by atoms with Crippen molar-refractivity contribution in [1.29, 1.82) is 0 Å². The van der Waals surface area contributed by atoms with E-state index in [-0.39, 0.29) is 0 Å². The molecule has 0 aliphatic carbocycles. The lowest BCUT2D eigenvalue weighted by molar-refractivity contribution is 0.112. The zero-order valence-corrected chi connectivity index (χ0v) is 14.6. The van der Waals surface area contributed by atoms with E-state index >= 15 is 0 Å². The van der Waals surface area contributed by atoms with Gasteiger partial charge in [0.25, 0.3) is 0 Å². The maximum absolute atomic E-state index is 11.0. The van der Waals surface area contributed by atoms with E-state index in [1.807, 2.05) is 35.9 Å². The predicted octanol–water partition coefficient (Wildman–Crippen LogP) is 4.57. The molecule has 128 valence electrons. The minimum Gasteiger partial charge on any atom is -0.337 e. The second kappa shape index (κ2) is 6.44. The van der Waals surface area contributed by atoms with Crippen LogP contribution in [0.3, 0.4) is 0 Å². The summed E-state index contributed by atoms with van der Waals surface area (Å²) in [5.74, 6) is 0.670. The molecule has 5 heteroatoms. The molecular formula is C21H18N4O. The van der Waals surface area contributed by atoms with Gasteiger partial charge >= 0.3 is 0 Å². The van der Waals surface area contributed by atoms with Crippen LogP contribution >= 0.6 is 0 Å². The molecule has 4 aromatic rings. The predicted molar refractivity (Wildman–Crippen MR) is 103 cm³/mol. The Bertz CT molecular complexity index is 1100. The second-order valence-electron chi connectivity index (χ2n) is 6.29. The van der Waals surface area contributed by atoms with E-state index in [0.717, 1.165) is 34.4 Å². The van der Waals surface area contributed by atoms with E-state index in [2.05, 4.69) is 46.5 Å². The molecule has 0 bridgehead atoms. The lowest BCUT2D eigenvalue weighted by Gasteiger charge is -2.09. The summed E-state index contributed by atoms with van der Waals surface area (Å²) in [6.45, 7) is 3.98. The monoisotopic (exact) mass is 342 g/mol. The van der Waals surface area contributed by atoms with E-state index in [1.165, 1.54) is 5.56 Å². The van der Waals surface area contributed by atoms with Crippen molar-refractivity contribution < 1.29 is 4.79 Å². The molecule has 0 aliphatic rings. The molecule has 2 aromatic heterocycles. The third-order valence-corrected chi connectivity index (χ3v) is 4.43. The van der Waals surface area contributed by atoms with Crippen LogP contribution in [0, 0.1) is 13.8 Å². The number of rotatable bonds is 4. The largest absolute Gasteiger partial charge is 0.337 e. The van der Waals surface area contributed by atoms with Gasteiger partial charge in [-0.05, 0) is 37.6 Å². The maximum atomic E-state index is 11.0.